The first-order valence-electron chi connectivity index (χ1n) is 7.28. The Labute approximate surface area is 113 Å². The van der Waals surface area contributed by atoms with Crippen LogP contribution in [0.25, 0.3) is 0 Å². The second kappa shape index (κ2) is 6.59. The number of ether oxygens (including phenoxy) is 1. The molecule has 18 heavy (non-hydrogen) atoms. The second-order valence-electron chi connectivity index (χ2n) is 6.49. The van der Waals surface area contributed by atoms with Gasteiger partial charge in [0.15, 0.2) is 0 Å². The van der Waals surface area contributed by atoms with Crippen LogP contribution in [-0.2, 0) is 4.74 Å². The van der Waals surface area contributed by atoms with Crippen LogP contribution < -0.4 is 0 Å². The third kappa shape index (κ3) is 3.74. The van der Waals surface area contributed by atoms with Crippen molar-refractivity contribution in [2.24, 2.45) is 0 Å². The lowest BCUT2D eigenvalue weighted by atomic mass is 9.97. The third-order valence-corrected chi connectivity index (χ3v) is 6.59. The summed E-state index contributed by atoms with van der Waals surface area (Å²) in [7, 11) is 0.155. The fourth-order valence-corrected chi connectivity index (χ4v) is 5.26. The van der Waals surface area contributed by atoms with Gasteiger partial charge in [-0.3, -0.25) is 0 Å². The average Bonchev–Trinajstić information content (AvgIpc) is 2.33. The molecule has 1 rings (SSSR count). The molecule has 0 N–H and O–H groups in total. The predicted octanol–water partition coefficient (Wildman–Crippen LogP) is 4.04. The topological polar surface area (TPSA) is 29.5 Å². The summed E-state index contributed by atoms with van der Waals surface area (Å²) in [6, 6.07) is 0.405. The van der Waals surface area contributed by atoms with Gasteiger partial charge in [0.05, 0.1) is 15.2 Å². The molecule has 0 spiro atoms. The first-order chi connectivity index (χ1) is 8.41. The maximum absolute atomic E-state index is 12.1. The van der Waals surface area contributed by atoms with E-state index in [2.05, 4.69) is 31.5 Å². The van der Waals surface area contributed by atoms with Crippen LogP contribution in [0.4, 0.5) is 4.79 Å². The molecule has 1 aliphatic heterocycles. The Hall–Kier alpha value is -0.513. The molecule has 0 aromatic carbocycles. The fraction of sp³-hybridized carbons (Fsp3) is 0.929. The van der Waals surface area contributed by atoms with Crippen LogP contribution in [0.1, 0.15) is 45.4 Å². The van der Waals surface area contributed by atoms with Crippen molar-refractivity contribution >= 4 is 14.2 Å². The van der Waals surface area contributed by atoms with Gasteiger partial charge in [0.1, 0.15) is 0 Å². The molecule has 0 aromatic heterocycles. The number of carbonyl (C=O) groups excluding carboxylic acids is 1. The summed E-state index contributed by atoms with van der Waals surface area (Å²) < 4.78 is 5.03. The lowest BCUT2D eigenvalue weighted by Crippen LogP contribution is -2.59. The van der Waals surface area contributed by atoms with Gasteiger partial charge in [-0.05, 0) is 25.7 Å². The molecule has 1 amide bonds. The zero-order valence-corrected chi connectivity index (χ0v) is 13.7. The molecule has 0 saturated carbocycles. The van der Waals surface area contributed by atoms with E-state index in [0.29, 0.717) is 11.7 Å². The highest BCUT2D eigenvalue weighted by molar-refractivity contribution is 6.77. The highest BCUT2D eigenvalue weighted by Crippen LogP contribution is 2.31. The van der Waals surface area contributed by atoms with Gasteiger partial charge in [0.25, 0.3) is 0 Å². The van der Waals surface area contributed by atoms with Crippen LogP contribution in [-0.4, -0.2) is 37.9 Å². The second-order valence-corrected chi connectivity index (χ2v) is 11.9. The van der Waals surface area contributed by atoms with Gasteiger partial charge in [0, 0.05) is 11.7 Å². The normalized spacial score (nSPS) is 25.1. The third-order valence-electron chi connectivity index (χ3n) is 4.02. The lowest BCUT2D eigenvalue weighted by Gasteiger charge is -2.46. The summed E-state index contributed by atoms with van der Waals surface area (Å²) in [5, 5.41) is 0. The first kappa shape index (κ1) is 15.5. The van der Waals surface area contributed by atoms with Crippen LogP contribution in [0.3, 0.4) is 0 Å². The molecule has 4 heteroatoms. The SMILES string of the molecule is CCCCC1CCCC([Si](C)(C)C)N1C(=O)OC. The summed E-state index contributed by atoms with van der Waals surface area (Å²) in [5.74, 6) is 0. The summed E-state index contributed by atoms with van der Waals surface area (Å²) in [6.45, 7) is 9.28. The maximum Gasteiger partial charge on any atom is 0.409 e. The van der Waals surface area contributed by atoms with E-state index in [0.717, 1.165) is 19.3 Å². The van der Waals surface area contributed by atoms with Gasteiger partial charge in [-0.1, -0.05) is 39.4 Å². The molecular formula is C14H29NO2Si. The molecule has 1 heterocycles. The van der Waals surface area contributed by atoms with E-state index in [9.17, 15) is 4.79 Å². The number of hydrogen-bond donors (Lipinski definition) is 0. The van der Waals surface area contributed by atoms with Crippen molar-refractivity contribution in [2.75, 3.05) is 7.11 Å². The Morgan fingerprint density at radius 1 is 1.33 bits per heavy atom. The van der Waals surface area contributed by atoms with Crippen molar-refractivity contribution in [3.05, 3.63) is 0 Å². The largest absolute Gasteiger partial charge is 0.453 e. The highest BCUT2D eigenvalue weighted by atomic mass is 28.3. The zero-order valence-electron chi connectivity index (χ0n) is 12.7. The van der Waals surface area contributed by atoms with Gasteiger partial charge in [0.2, 0.25) is 0 Å². The molecule has 106 valence electrons. The van der Waals surface area contributed by atoms with Crippen LogP contribution >= 0.6 is 0 Å². The van der Waals surface area contributed by atoms with E-state index in [1.165, 1.54) is 26.4 Å². The van der Waals surface area contributed by atoms with Crippen molar-refractivity contribution in [1.29, 1.82) is 0 Å². The average molecular weight is 271 g/mol. The van der Waals surface area contributed by atoms with Crippen LogP contribution in [0.2, 0.25) is 19.6 Å². The molecule has 0 aliphatic carbocycles. The van der Waals surface area contributed by atoms with Gasteiger partial charge in [-0.25, -0.2) is 4.79 Å². The van der Waals surface area contributed by atoms with Crippen LogP contribution in [0, 0.1) is 0 Å². The molecule has 0 bridgehead atoms. The summed E-state index contributed by atoms with van der Waals surface area (Å²) >= 11 is 0. The zero-order chi connectivity index (χ0) is 13.8. The minimum Gasteiger partial charge on any atom is -0.453 e. The van der Waals surface area contributed by atoms with E-state index in [1.54, 1.807) is 0 Å². The summed E-state index contributed by atoms with van der Waals surface area (Å²) in [4.78, 5) is 14.2. The summed E-state index contributed by atoms with van der Waals surface area (Å²) in [6.07, 6.45) is 7.00. The smallest absolute Gasteiger partial charge is 0.409 e. The van der Waals surface area contributed by atoms with Gasteiger partial charge in [-0.15, -0.1) is 0 Å². The number of amides is 1. The molecule has 3 nitrogen and oxygen atoms in total. The van der Waals surface area contributed by atoms with Crippen molar-refractivity contribution < 1.29 is 9.53 Å². The van der Waals surface area contributed by atoms with Crippen molar-refractivity contribution in [3.8, 4) is 0 Å². The molecule has 2 atom stereocenters. The van der Waals surface area contributed by atoms with Gasteiger partial charge in [-0.2, -0.15) is 0 Å². The number of rotatable bonds is 4. The Kier molecular flexibility index (Phi) is 5.69. The van der Waals surface area contributed by atoms with E-state index in [1.807, 2.05) is 0 Å². The van der Waals surface area contributed by atoms with Crippen LogP contribution in [0.15, 0.2) is 0 Å². The fourth-order valence-electron chi connectivity index (χ4n) is 3.03. The number of nitrogens with zero attached hydrogens (tertiary/aromatic N) is 1. The van der Waals surface area contributed by atoms with Crippen molar-refractivity contribution in [2.45, 2.75) is 76.8 Å². The maximum atomic E-state index is 12.1. The molecule has 1 saturated heterocycles. The Morgan fingerprint density at radius 3 is 2.50 bits per heavy atom. The minimum atomic E-state index is -1.35. The number of piperidine rings is 1. The van der Waals surface area contributed by atoms with Gasteiger partial charge >= 0.3 is 6.09 Å². The van der Waals surface area contributed by atoms with E-state index >= 15 is 0 Å². The molecule has 0 aromatic rings. The predicted molar refractivity (Wildman–Crippen MR) is 78.5 cm³/mol. The quantitative estimate of drug-likeness (QED) is 0.722. The number of hydrogen-bond acceptors (Lipinski definition) is 2. The van der Waals surface area contributed by atoms with E-state index < -0.39 is 8.07 Å². The van der Waals surface area contributed by atoms with E-state index in [-0.39, 0.29) is 6.09 Å². The van der Waals surface area contributed by atoms with Crippen molar-refractivity contribution in [3.63, 3.8) is 0 Å². The number of methoxy groups -OCH3 is 1. The lowest BCUT2D eigenvalue weighted by molar-refractivity contribution is 0.0734. The number of carbonyl (C=O) groups is 1. The molecule has 0 radical (unpaired) electrons. The number of unbranched alkanes of at least 4 members (excludes halogenated alkanes) is 1. The molecular weight excluding hydrogens is 242 g/mol. The Balaban J connectivity index is 2.86. The standard InChI is InChI=1S/C14H29NO2Si/c1-6-7-9-12-10-8-11-13(18(3,4)5)15(12)14(16)17-2/h12-13H,6-11H2,1-5H3. The van der Waals surface area contributed by atoms with E-state index in [4.69, 9.17) is 4.74 Å². The number of likely N-dealkylation sites (tertiary alicyclic amines) is 1. The monoisotopic (exact) mass is 271 g/mol. The molecule has 1 aliphatic rings. The molecule has 2 unspecified atom stereocenters. The highest BCUT2D eigenvalue weighted by Gasteiger charge is 2.41. The van der Waals surface area contributed by atoms with Crippen LogP contribution in [0.5, 0.6) is 0 Å². The molecule has 1 fully saturated rings. The van der Waals surface area contributed by atoms with Gasteiger partial charge < -0.3 is 9.64 Å². The first-order valence-corrected chi connectivity index (χ1v) is 10.9. The summed E-state index contributed by atoms with van der Waals surface area (Å²) in [5.41, 5.74) is 0.445. The minimum absolute atomic E-state index is 0.108. The Bertz CT molecular complexity index is 275. The van der Waals surface area contributed by atoms with Crippen molar-refractivity contribution in [1.82, 2.24) is 4.90 Å². The Morgan fingerprint density at radius 2 is 2.00 bits per heavy atom.